The van der Waals surface area contributed by atoms with Crippen LogP contribution in [0.25, 0.3) is 0 Å². The summed E-state index contributed by atoms with van der Waals surface area (Å²) in [6.07, 6.45) is 0. The van der Waals surface area contributed by atoms with E-state index in [1.54, 1.807) is 14.1 Å². The third-order valence-corrected chi connectivity index (χ3v) is 2.12. The van der Waals surface area contributed by atoms with E-state index in [1.807, 2.05) is 30.3 Å². The molecule has 0 saturated carbocycles. The molecule has 0 aliphatic heterocycles. The molecular weight excluding hydrogens is 204 g/mol. The van der Waals surface area contributed by atoms with Crippen molar-refractivity contribution in [2.45, 2.75) is 6.04 Å². The van der Waals surface area contributed by atoms with Gasteiger partial charge in [-0.3, -0.25) is 5.41 Å². The Bertz CT molecular complexity index is 375. The van der Waals surface area contributed by atoms with E-state index in [9.17, 15) is 4.79 Å². The molecule has 1 aromatic carbocycles. The minimum atomic E-state index is -0.573. The number of nitrogens with two attached hydrogens (primary N) is 1. The predicted molar refractivity (Wildman–Crippen MR) is 63.3 cm³/mol. The molecule has 0 aromatic heterocycles. The fraction of sp³-hybridized carbons (Fsp3) is 0.273. The van der Waals surface area contributed by atoms with Gasteiger partial charge < -0.3 is 16.0 Å². The maximum Gasteiger partial charge on any atom is 0.317 e. The van der Waals surface area contributed by atoms with Gasteiger partial charge in [0.25, 0.3) is 0 Å². The van der Waals surface area contributed by atoms with E-state index in [-0.39, 0.29) is 11.9 Å². The Morgan fingerprint density at radius 1 is 1.38 bits per heavy atom. The Kier molecular flexibility index (Phi) is 3.88. The first-order valence-corrected chi connectivity index (χ1v) is 4.89. The first-order chi connectivity index (χ1) is 7.52. The number of urea groups is 1. The number of amidine groups is 1. The molecule has 1 atom stereocenters. The molecule has 2 amide bonds. The predicted octanol–water partition coefficient (Wildman–Crippen LogP) is 0.935. The number of carbonyl (C=O) groups excluding carboxylic acids is 1. The number of nitrogens with zero attached hydrogens (tertiary/aromatic N) is 1. The quantitative estimate of drug-likeness (QED) is 0.523. The minimum Gasteiger partial charge on any atom is -0.386 e. The average molecular weight is 220 g/mol. The second-order valence-corrected chi connectivity index (χ2v) is 3.64. The van der Waals surface area contributed by atoms with Gasteiger partial charge in [-0.15, -0.1) is 0 Å². The zero-order valence-electron chi connectivity index (χ0n) is 9.40. The van der Waals surface area contributed by atoms with Crippen LogP contribution in [0.3, 0.4) is 0 Å². The van der Waals surface area contributed by atoms with E-state index < -0.39 is 6.04 Å². The van der Waals surface area contributed by atoms with Crippen LogP contribution in [0.15, 0.2) is 30.3 Å². The molecule has 0 saturated heterocycles. The second-order valence-electron chi connectivity index (χ2n) is 3.64. The molecule has 0 bridgehead atoms. The molecule has 0 aliphatic carbocycles. The maximum absolute atomic E-state index is 11.5. The Labute approximate surface area is 94.8 Å². The van der Waals surface area contributed by atoms with Crippen LogP contribution >= 0.6 is 0 Å². The summed E-state index contributed by atoms with van der Waals surface area (Å²) >= 11 is 0. The van der Waals surface area contributed by atoms with Crippen LogP contribution in [0.5, 0.6) is 0 Å². The van der Waals surface area contributed by atoms with Gasteiger partial charge >= 0.3 is 6.03 Å². The van der Waals surface area contributed by atoms with Crippen LogP contribution in [-0.2, 0) is 0 Å². The highest BCUT2D eigenvalue weighted by Crippen LogP contribution is 2.12. The van der Waals surface area contributed by atoms with Crippen LogP contribution in [0, 0.1) is 5.41 Å². The van der Waals surface area contributed by atoms with Crippen molar-refractivity contribution < 1.29 is 4.79 Å². The first kappa shape index (κ1) is 12.0. The number of hydrogen-bond acceptors (Lipinski definition) is 2. The van der Waals surface area contributed by atoms with Gasteiger partial charge in [0.05, 0.1) is 0 Å². The Morgan fingerprint density at radius 3 is 2.38 bits per heavy atom. The number of rotatable bonds is 3. The normalized spacial score (nSPS) is 11.6. The van der Waals surface area contributed by atoms with Gasteiger partial charge in [-0.25, -0.2) is 4.79 Å². The highest BCUT2D eigenvalue weighted by molar-refractivity contribution is 5.88. The number of carbonyl (C=O) groups is 1. The van der Waals surface area contributed by atoms with E-state index in [0.717, 1.165) is 5.56 Å². The third kappa shape index (κ3) is 2.98. The zero-order valence-corrected chi connectivity index (χ0v) is 9.40. The van der Waals surface area contributed by atoms with Crippen LogP contribution in [0.4, 0.5) is 4.79 Å². The second kappa shape index (κ2) is 5.16. The lowest BCUT2D eigenvalue weighted by Gasteiger charge is -2.20. The van der Waals surface area contributed by atoms with Gasteiger partial charge in [-0.2, -0.15) is 0 Å². The van der Waals surface area contributed by atoms with Crippen molar-refractivity contribution in [3.8, 4) is 0 Å². The molecule has 1 aromatic rings. The molecule has 4 N–H and O–H groups in total. The van der Waals surface area contributed by atoms with Crippen molar-refractivity contribution in [2.24, 2.45) is 5.73 Å². The molecule has 1 unspecified atom stereocenters. The maximum atomic E-state index is 11.5. The monoisotopic (exact) mass is 220 g/mol. The van der Waals surface area contributed by atoms with Crippen LogP contribution in [0.1, 0.15) is 11.6 Å². The average Bonchev–Trinajstić information content (AvgIpc) is 2.26. The van der Waals surface area contributed by atoms with E-state index in [0.29, 0.717) is 0 Å². The molecule has 5 nitrogen and oxygen atoms in total. The van der Waals surface area contributed by atoms with E-state index in [1.165, 1.54) is 4.90 Å². The van der Waals surface area contributed by atoms with Crippen molar-refractivity contribution in [1.82, 2.24) is 10.2 Å². The molecule has 0 fully saturated rings. The molecule has 86 valence electrons. The lowest BCUT2D eigenvalue weighted by atomic mass is 10.1. The summed E-state index contributed by atoms with van der Waals surface area (Å²) in [5.41, 5.74) is 6.26. The molecule has 0 aliphatic rings. The summed E-state index contributed by atoms with van der Waals surface area (Å²) in [5, 5.41) is 10.1. The summed E-state index contributed by atoms with van der Waals surface area (Å²) < 4.78 is 0. The van der Waals surface area contributed by atoms with Crippen LogP contribution in [0.2, 0.25) is 0 Å². The SMILES string of the molecule is CN(C)C(=O)NC(C(=N)N)c1ccccc1. The summed E-state index contributed by atoms with van der Waals surface area (Å²) in [4.78, 5) is 12.9. The number of benzene rings is 1. The topological polar surface area (TPSA) is 82.2 Å². The largest absolute Gasteiger partial charge is 0.386 e. The fourth-order valence-corrected chi connectivity index (χ4v) is 1.24. The number of amides is 2. The van der Waals surface area contributed by atoms with Gasteiger partial charge in [-0.1, -0.05) is 30.3 Å². The van der Waals surface area contributed by atoms with E-state index in [4.69, 9.17) is 11.1 Å². The van der Waals surface area contributed by atoms with Crippen molar-refractivity contribution >= 4 is 11.9 Å². The standard InChI is InChI=1S/C11H16N4O/c1-15(2)11(16)14-9(10(12)13)8-6-4-3-5-7-8/h3-7,9H,1-2H3,(H3,12,13)(H,14,16). The first-order valence-electron chi connectivity index (χ1n) is 4.89. The summed E-state index contributed by atoms with van der Waals surface area (Å²) in [6.45, 7) is 0. The molecule has 1 rings (SSSR count). The lowest BCUT2D eigenvalue weighted by Crippen LogP contribution is -2.42. The summed E-state index contributed by atoms with van der Waals surface area (Å²) in [7, 11) is 3.27. The van der Waals surface area contributed by atoms with Crippen molar-refractivity contribution in [1.29, 1.82) is 5.41 Å². The van der Waals surface area contributed by atoms with Crippen molar-refractivity contribution in [2.75, 3.05) is 14.1 Å². The van der Waals surface area contributed by atoms with Crippen molar-refractivity contribution in [3.05, 3.63) is 35.9 Å². The number of hydrogen-bond donors (Lipinski definition) is 3. The molecule has 0 heterocycles. The smallest absolute Gasteiger partial charge is 0.317 e. The Morgan fingerprint density at radius 2 is 1.94 bits per heavy atom. The van der Waals surface area contributed by atoms with Gasteiger partial charge in [0.15, 0.2) is 0 Å². The van der Waals surface area contributed by atoms with E-state index in [2.05, 4.69) is 5.32 Å². The Balaban J connectivity index is 2.85. The van der Waals surface area contributed by atoms with Gasteiger partial charge in [0.2, 0.25) is 0 Å². The fourth-order valence-electron chi connectivity index (χ4n) is 1.24. The minimum absolute atomic E-state index is 0.0820. The summed E-state index contributed by atoms with van der Waals surface area (Å²) in [5.74, 6) is -0.0820. The zero-order chi connectivity index (χ0) is 12.1. The van der Waals surface area contributed by atoms with Gasteiger partial charge in [0.1, 0.15) is 11.9 Å². The molecule has 16 heavy (non-hydrogen) atoms. The highest BCUT2D eigenvalue weighted by Gasteiger charge is 2.17. The third-order valence-electron chi connectivity index (χ3n) is 2.12. The Hall–Kier alpha value is -2.04. The van der Waals surface area contributed by atoms with Crippen molar-refractivity contribution in [3.63, 3.8) is 0 Å². The molecule has 5 heteroatoms. The lowest BCUT2D eigenvalue weighted by molar-refractivity contribution is 0.216. The molecular formula is C11H16N4O. The van der Waals surface area contributed by atoms with Gasteiger partial charge in [-0.05, 0) is 5.56 Å². The summed E-state index contributed by atoms with van der Waals surface area (Å²) in [6, 6.07) is 8.35. The van der Waals surface area contributed by atoms with E-state index >= 15 is 0 Å². The number of nitrogens with one attached hydrogen (secondary N) is 2. The van der Waals surface area contributed by atoms with Gasteiger partial charge in [0, 0.05) is 14.1 Å². The molecule has 0 radical (unpaired) electrons. The van der Waals surface area contributed by atoms with Crippen LogP contribution < -0.4 is 11.1 Å². The molecule has 0 spiro atoms. The van der Waals surface area contributed by atoms with Crippen LogP contribution in [-0.4, -0.2) is 30.9 Å². The highest BCUT2D eigenvalue weighted by atomic mass is 16.2.